The molecule has 1 heterocycles. The van der Waals surface area contributed by atoms with Crippen LogP contribution in [0.1, 0.15) is 5.56 Å². The van der Waals surface area contributed by atoms with Gasteiger partial charge in [0.25, 0.3) is 10.0 Å². The van der Waals surface area contributed by atoms with Crippen molar-refractivity contribution >= 4 is 33.0 Å². The van der Waals surface area contributed by atoms with Crippen LogP contribution in [-0.4, -0.2) is 20.4 Å². The molecular weight excluding hydrogens is 298 g/mol. The molecule has 0 amide bonds. The van der Waals surface area contributed by atoms with Gasteiger partial charge in [-0.15, -0.1) is 0 Å². The van der Waals surface area contributed by atoms with Gasteiger partial charge in [-0.25, -0.2) is 4.98 Å². The fourth-order valence-electron chi connectivity index (χ4n) is 1.71. The molecule has 7 heteroatoms. The van der Waals surface area contributed by atoms with Gasteiger partial charge in [0.15, 0.2) is 5.03 Å². The van der Waals surface area contributed by atoms with Crippen LogP contribution in [0.3, 0.4) is 0 Å². The first-order valence-corrected chi connectivity index (χ1v) is 7.72. The van der Waals surface area contributed by atoms with Crippen molar-refractivity contribution in [2.24, 2.45) is 0 Å². The smallest absolute Gasteiger partial charge is 0.281 e. The molecule has 2 aromatic rings. The monoisotopic (exact) mass is 311 g/mol. The van der Waals surface area contributed by atoms with E-state index in [1.165, 1.54) is 6.20 Å². The van der Waals surface area contributed by atoms with Crippen LogP contribution in [0.25, 0.3) is 0 Å². The lowest BCUT2D eigenvalue weighted by atomic mass is 10.2. The van der Waals surface area contributed by atoms with Crippen molar-refractivity contribution in [3.63, 3.8) is 0 Å². The van der Waals surface area contributed by atoms with Crippen molar-refractivity contribution in [2.45, 2.75) is 11.9 Å². The number of rotatable bonds is 4. The van der Waals surface area contributed by atoms with Crippen molar-refractivity contribution in [1.82, 2.24) is 4.98 Å². The summed E-state index contributed by atoms with van der Waals surface area (Å²) in [5.74, 6) is 0. The van der Waals surface area contributed by atoms with Crippen LogP contribution in [0.4, 0.5) is 11.4 Å². The average molecular weight is 312 g/mol. The molecule has 0 aliphatic carbocycles. The summed E-state index contributed by atoms with van der Waals surface area (Å²) in [6.45, 7) is 1.86. The standard InChI is InChI=1S/C13H14ClN3O2S/c1-9-5-6-10(14)12(8-9)17-20(18,19)13-11(15-2)4-3-7-16-13/h3-8,15,17H,1-2H3. The van der Waals surface area contributed by atoms with Crippen molar-refractivity contribution < 1.29 is 8.42 Å². The van der Waals surface area contributed by atoms with Crippen molar-refractivity contribution in [3.05, 3.63) is 47.1 Å². The molecule has 0 radical (unpaired) electrons. The van der Waals surface area contributed by atoms with E-state index < -0.39 is 10.0 Å². The summed E-state index contributed by atoms with van der Waals surface area (Å²) in [6.07, 6.45) is 1.42. The van der Waals surface area contributed by atoms with E-state index in [0.29, 0.717) is 16.4 Å². The number of aromatic nitrogens is 1. The zero-order chi connectivity index (χ0) is 14.8. The van der Waals surface area contributed by atoms with Gasteiger partial charge in [-0.05, 0) is 36.8 Å². The molecule has 1 aromatic carbocycles. The van der Waals surface area contributed by atoms with Crippen molar-refractivity contribution in [1.29, 1.82) is 0 Å². The highest BCUT2D eigenvalue weighted by Gasteiger charge is 2.20. The SMILES string of the molecule is CNc1cccnc1S(=O)(=O)Nc1cc(C)ccc1Cl. The third kappa shape index (κ3) is 3.02. The molecule has 0 fully saturated rings. The lowest BCUT2D eigenvalue weighted by Gasteiger charge is -2.12. The van der Waals surface area contributed by atoms with Gasteiger partial charge in [0.1, 0.15) is 0 Å². The van der Waals surface area contributed by atoms with Crippen molar-refractivity contribution in [2.75, 3.05) is 17.1 Å². The third-order valence-electron chi connectivity index (χ3n) is 2.66. The molecule has 0 spiro atoms. The quantitative estimate of drug-likeness (QED) is 0.911. The maximum atomic E-state index is 12.4. The summed E-state index contributed by atoms with van der Waals surface area (Å²) in [7, 11) is -2.17. The minimum atomic E-state index is -3.80. The number of aryl methyl sites for hydroxylation is 1. The highest BCUT2D eigenvalue weighted by molar-refractivity contribution is 7.92. The summed E-state index contributed by atoms with van der Waals surface area (Å²) in [5, 5.41) is 3.06. The van der Waals surface area contributed by atoms with Crippen LogP contribution in [-0.2, 0) is 10.0 Å². The minimum absolute atomic E-state index is 0.0694. The number of halogens is 1. The van der Waals surface area contributed by atoms with Gasteiger partial charge in [-0.2, -0.15) is 8.42 Å². The van der Waals surface area contributed by atoms with E-state index in [1.807, 2.05) is 6.92 Å². The number of nitrogens with zero attached hydrogens (tertiary/aromatic N) is 1. The maximum absolute atomic E-state index is 12.4. The Labute approximate surface area is 123 Å². The molecule has 5 nitrogen and oxygen atoms in total. The summed E-state index contributed by atoms with van der Waals surface area (Å²) in [6, 6.07) is 8.41. The molecule has 0 bridgehead atoms. The Hall–Kier alpha value is -1.79. The van der Waals surface area contributed by atoms with Crippen LogP contribution < -0.4 is 10.0 Å². The second-order valence-electron chi connectivity index (χ2n) is 4.19. The topological polar surface area (TPSA) is 71.1 Å². The number of sulfonamides is 1. The molecule has 2 N–H and O–H groups in total. The van der Waals surface area contributed by atoms with Gasteiger partial charge in [-0.3, -0.25) is 4.72 Å². The molecule has 20 heavy (non-hydrogen) atoms. The van der Waals surface area contributed by atoms with Gasteiger partial charge >= 0.3 is 0 Å². The Morgan fingerprint density at radius 3 is 2.65 bits per heavy atom. The van der Waals surface area contributed by atoms with E-state index in [-0.39, 0.29) is 5.03 Å². The van der Waals surface area contributed by atoms with E-state index in [9.17, 15) is 8.42 Å². The van der Waals surface area contributed by atoms with Gasteiger partial charge in [0.2, 0.25) is 0 Å². The van der Waals surface area contributed by atoms with Crippen LogP contribution in [0.15, 0.2) is 41.6 Å². The molecule has 2 rings (SSSR count). The molecule has 106 valence electrons. The predicted molar refractivity (Wildman–Crippen MR) is 80.8 cm³/mol. The summed E-state index contributed by atoms with van der Waals surface area (Å²) in [4.78, 5) is 3.91. The Balaban J connectivity index is 2.43. The van der Waals surface area contributed by atoms with Crippen LogP contribution >= 0.6 is 11.6 Å². The number of hydrogen-bond donors (Lipinski definition) is 2. The molecular formula is C13H14ClN3O2S. The van der Waals surface area contributed by atoms with Gasteiger partial charge in [0.05, 0.1) is 16.4 Å². The normalized spacial score (nSPS) is 11.2. The number of benzene rings is 1. The second kappa shape index (κ2) is 5.68. The molecule has 0 saturated heterocycles. The Morgan fingerprint density at radius 1 is 1.20 bits per heavy atom. The van der Waals surface area contributed by atoms with Crippen LogP contribution in [0.5, 0.6) is 0 Å². The van der Waals surface area contributed by atoms with E-state index in [2.05, 4.69) is 15.0 Å². The number of anilines is 2. The zero-order valence-electron chi connectivity index (χ0n) is 11.0. The van der Waals surface area contributed by atoms with Gasteiger partial charge < -0.3 is 5.32 Å². The Kier molecular flexibility index (Phi) is 4.15. The van der Waals surface area contributed by atoms with Crippen molar-refractivity contribution in [3.8, 4) is 0 Å². The van der Waals surface area contributed by atoms with Crippen LogP contribution in [0, 0.1) is 6.92 Å². The lowest BCUT2D eigenvalue weighted by Crippen LogP contribution is -2.16. The summed E-state index contributed by atoms with van der Waals surface area (Å²) >= 11 is 6.00. The lowest BCUT2D eigenvalue weighted by molar-refractivity contribution is 0.598. The van der Waals surface area contributed by atoms with E-state index in [0.717, 1.165) is 5.56 Å². The van der Waals surface area contributed by atoms with E-state index in [1.54, 1.807) is 37.4 Å². The predicted octanol–water partition coefficient (Wildman–Crippen LogP) is 2.89. The van der Waals surface area contributed by atoms with Crippen LogP contribution in [0.2, 0.25) is 5.02 Å². The molecule has 1 aromatic heterocycles. The maximum Gasteiger partial charge on any atom is 0.281 e. The minimum Gasteiger partial charge on any atom is -0.386 e. The molecule has 0 saturated carbocycles. The summed E-state index contributed by atoms with van der Waals surface area (Å²) < 4.78 is 27.2. The molecule has 0 aliphatic rings. The summed E-state index contributed by atoms with van der Waals surface area (Å²) in [5.41, 5.74) is 1.66. The third-order valence-corrected chi connectivity index (χ3v) is 4.31. The first-order valence-electron chi connectivity index (χ1n) is 5.86. The Bertz CT molecular complexity index is 732. The molecule has 0 atom stereocenters. The molecule has 0 unspecified atom stereocenters. The van der Waals surface area contributed by atoms with E-state index >= 15 is 0 Å². The number of hydrogen-bond acceptors (Lipinski definition) is 4. The second-order valence-corrected chi connectivity index (χ2v) is 6.20. The van der Waals surface area contributed by atoms with Gasteiger partial charge in [0, 0.05) is 13.2 Å². The first kappa shape index (κ1) is 14.6. The zero-order valence-corrected chi connectivity index (χ0v) is 12.6. The fraction of sp³-hybridized carbons (Fsp3) is 0.154. The Morgan fingerprint density at radius 2 is 1.95 bits per heavy atom. The first-order chi connectivity index (χ1) is 9.44. The number of pyridine rings is 1. The number of nitrogens with one attached hydrogen (secondary N) is 2. The average Bonchev–Trinajstić information content (AvgIpc) is 2.42. The van der Waals surface area contributed by atoms with E-state index in [4.69, 9.17) is 11.6 Å². The highest BCUT2D eigenvalue weighted by Crippen LogP contribution is 2.27. The highest BCUT2D eigenvalue weighted by atomic mass is 35.5. The largest absolute Gasteiger partial charge is 0.386 e. The fourth-order valence-corrected chi connectivity index (χ4v) is 3.14. The molecule has 0 aliphatic heterocycles. The van der Waals surface area contributed by atoms with Gasteiger partial charge in [-0.1, -0.05) is 17.7 Å².